The number of ether oxygens (including phenoxy) is 1. The predicted molar refractivity (Wildman–Crippen MR) is 34.6 cm³/mol. The summed E-state index contributed by atoms with van der Waals surface area (Å²) in [4.78, 5) is 0. The van der Waals surface area contributed by atoms with Crippen LogP contribution in [0.3, 0.4) is 0 Å². The van der Waals surface area contributed by atoms with Crippen molar-refractivity contribution >= 4 is 0 Å². The first-order valence-electron chi connectivity index (χ1n) is 3.25. The Labute approximate surface area is 56.0 Å². The molecule has 0 saturated heterocycles. The van der Waals surface area contributed by atoms with Gasteiger partial charge in [-0.2, -0.15) is 0 Å². The van der Waals surface area contributed by atoms with Crippen molar-refractivity contribution in [3.05, 3.63) is 0 Å². The van der Waals surface area contributed by atoms with Crippen molar-refractivity contribution in [2.45, 2.75) is 20.1 Å². The molecule has 0 spiro atoms. The highest BCUT2D eigenvalue weighted by Crippen LogP contribution is 1.81. The third-order valence-electron chi connectivity index (χ3n) is 0.881. The quantitative estimate of drug-likeness (QED) is 0.434. The summed E-state index contributed by atoms with van der Waals surface area (Å²) < 4.78 is 4.73. The summed E-state index contributed by atoms with van der Waals surface area (Å²) in [5, 5.41) is 13.3. The molecule has 0 aromatic carbocycles. The van der Waals surface area contributed by atoms with Gasteiger partial charge in [0, 0.05) is 6.54 Å². The predicted octanol–water partition coefficient (Wildman–Crippen LogP) is 0.389. The van der Waals surface area contributed by atoms with Crippen LogP contribution in [0.1, 0.15) is 13.8 Å². The van der Waals surface area contributed by atoms with Crippen molar-refractivity contribution in [2.75, 3.05) is 19.7 Å². The molecule has 55 valence electrons. The van der Waals surface area contributed by atoms with E-state index in [2.05, 4.69) is 5.32 Å². The van der Waals surface area contributed by atoms with Gasteiger partial charge in [-0.1, -0.05) is 6.92 Å². The first-order valence-corrected chi connectivity index (χ1v) is 3.25. The van der Waals surface area contributed by atoms with E-state index in [0.29, 0.717) is 6.61 Å². The van der Waals surface area contributed by atoms with Crippen LogP contribution >= 0.6 is 0 Å². The Kier molecular flexibility index (Phi) is 5.93. The van der Waals surface area contributed by atoms with Crippen LogP contribution in [0.15, 0.2) is 0 Å². The largest absolute Gasteiger partial charge is 0.349 e. The number of nitrogens with one attached hydrogen (secondary N) is 1. The van der Waals surface area contributed by atoms with Gasteiger partial charge in [0.15, 0.2) is 6.29 Å². The summed E-state index contributed by atoms with van der Waals surface area (Å²) in [7, 11) is 0. The maximum atomic E-state index is 10.2. The molecule has 0 rings (SSSR count). The van der Waals surface area contributed by atoms with Gasteiger partial charge in [0.2, 0.25) is 0 Å². The van der Waals surface area contributed by atoms with Gasteiger partial charge in [0.1, 0.15) is 0 Å². The molecule has 0 saturated carbocycles. The van der Waals surface area contributed by atoms with E-state index in [4.69, 9.17) is 4.74 Å². The van der Waals surface area contributed by atoms with Crippen molar-refractivity contribution in [2.24, 2.45) is 0 Å². The Hall–Kier alpha value is -0.120. The van der Waals surface area contributed by atoms with E-state index in [1.54, 1.807) is 0 Å². The van der Waals surface area contributed by atoms with E-state index in [9.17, 15) is 5.11 Å². The SMILES string of the molecule is CCNCCOC(C)[O]. The number of rotatable bonds is 5. The third-order valence-corrected chi connectivity index (χ3v) is 0.881. The summed E-state index contributed by atoms with van der Waals surface area (Å²) in [6.45, 7) is 5.71. The minimum atomic E-state index is -0.886. The molecule has 1 N–H and O–H groups in total. The first kappa shape index (κ1) is 8.88. The van der Waals surface area contributed by atoms with Crippen LogP contribution in [0.4, 0.5) is 0 Å². The van der Waals surface area contributed by atoms with E-state index in [0.717, 1.165) is 13.1 Å². The molecular weight excluding hydrogens is 118 g/mol. The molecule has 0 aromatic heterocycles. The fourth-order valence-corrected chi connectivity index (χ4v) is 0.474. The lowest BCUT2D eigenvalue weighted by atomic mass is 10.6. The molecular formula is C6H14NO2. The second kappa shape index (κ2) is 6.01. The third kappa shape index (κ3) is 7.88. The summed E-state index contributed by atoms with van der Waals surface area (Å²) >= 11 is 0. The van der Waals surface area contributed by atoms with Crippen molar-refractivity contribution in [3.8, 4) is 0 Å². The molecule has 0 aromatic rings. The molecule has 0 aliphatic rings. The number of hydrogen-bond donors (Lipinski definition) is 1. The fraction of sp³-hybridized carbons (Fsp3) is 1.00. The van der Waals surface area contributed by atoms with Crippen LogP contribution in [0, 0.1) is 0 Å². The molecule has 1 radical (unpaired) electrons. The molecule has 3 heteroatoms. The average Bonchev–Trinajstić information content (AvgIpc) is 1.80. The molecule has 0 heterocycles. The van der Waals surface area contributed by atoms with Gasteiger partial charge in [-0.15, -0.1) is 0 Å². The second-order valence-electron chi connectivity index (χ2n) is 1.79. The Balaban J connectivity index is 2.75. The summed E-state index contributed by atoms with van der Waals surface area (Å²) in [5.41, 5.74) is 0. The van der Waals surface area contributed by atoms with Crippen molar-refractivity contribution in [3.63, 3.8) is 0 Å². The van der Waals surface area contributed by atoms with Crippen LogP contribution in [-0.4, -0.2) is 26.0 Å². The molecule has 0 aliphatic carbocycles. The molecule has 0 aliphatic heterocycles. The zero-order chi connectivity index (χ0) is 7.11. The smallest absolute Gasteiger partial charge is 0.188 e. The molecule has 0 bridgehead atoms. The van der Waals surface area contributed by atoms with E-state index < -0.39 is 6.29 Å². The highest BCUT2D eigenvalue weighted by Gasteiger charge is 1.93. The summed E-state index contributed by atoms with van der Waals surface area (Å²) in [5.74, 6) is 0. The summed E-state index contributed by atoms with van der Waals surface area (Å²) in [6, 6.07) is 0. The Morgan fingerprint density at radius 1 is 1.67 bits per heavy atom. The molecule has 1 unspecified atom stereocenters. The van der Waals surface area contributed by atoms with Gasteiger partial charge in [-0.25, -0.2) is 5.11 Å². The van der Waals surface area contributed by atoms with Crippen molar-refractivity contribution in [1.29, 1.82) is 0 Å². The normalized spacial score (nSPS) is 13.7. The Morgan fingerprint density at radius 3 is 2.78 bits per heavy atom. The fourth-order valence-electron chi connectivity index (χ4n) is 0.474. The van der Waals surface area contributed by atoms with Crippen molar-refractivity contribution < 1.29 is 9.84 Å². The lowest BCUT2D eigenvalue weighted by Gasteiger charge is -2.03. The van der Waals surface area contributed by atoms with Crippen molar-refractivity contribution in [1.82, 2.24) is 5.32 Å². The monoisotopic (exact) mass is 132 g/mol. The Morgan fingerprint density at radius 2 is 2.33 bits per heavy atom. The topological polar surface area (TPSA) is 41.2 Å². The highest BCUT2D eigenvalue weighted by molar-refractivity contribution is 4.39. The maximum Gasteiger partial charge on any atom is 0.188 e. The average molecular weight is 132 g/mol. The molecule has 0 fully saturated rings. The minimum Gasteiger partial charge on any atom is -0.349 e. The minimum absolute atomic E-state index is 0.512. The van der Waals surface area contributed by atoms with Crippen LogP contribution in [0.5, 0.6) is 0 Å². The highest BCUT2D eigenvalue weighted by atomic mass is 16.6. The maximum absolute atomic E-state index is 10.2. The lowest BCUT2D eigenvalue weighted by Crippen LogP contribution is -2.21. The standard InChI is InChI=1S/C6H14NO2/c1-3-7-4-5-9-6(2)8/h6-7H,3-5H2,1-2H3. The summed E-state index contributed by atoms with van der Waals surface area (Å²) in [6.07, 6.45) is -0.886. The van der Waals surface area contributed by atoms with E-state index in [1.165, 1.54) is 6.92 Å². The second-order valence-corrected chi connectivity index (χ2v) is 1.79. The van der Waals surface area contributed by atoms with E-state index >= 15 is 0 Å². The van der Waals surface area contributed by atoms with Gasteiger partial charge in [0.05, 0.1) is 6.61 Å². The van der Waals surface area contributed by atoms with Gasteiger partial charge in [-0.05, 0) is 13.5 Å². The van der Waals surface area contributed by atoms with Gasteiger partial charge in [-0.3, -0.25) is 0 Å². The van der Waals surface area contributed by atoms with E-state index in [-0.39, 0.29) is 0 Å². The van der Waals surface area contributed by atoms with Gasteiger partial charge >= 0.3 is 0 Å². The molecule has 0 amide bonds. The zero-order valence-electron chi connectivity index (χ0n) is 6.02. The molecule has 3 nitrogen and oxygen atoms in total. The molecule has 1 atom stereocenters. The van der Waals surface area contributed by atoms with Crippen LogP contribution < -0.4 is 5.32 Å². The van der Waals surface area contributed by atoms with E-state index in [1.807, 2.05) is 6.92 Å². The van der Waals surface area contributed by atoms with Gasteiger partial charge in [0.25, 0.3) is 0 Å². The first-order chi connectivity index (χ1) is 4.27. The lowest BCUT2D eigenvalue weighted by molar-refractivity contribution is -0.125. The number of likely N-dealkylation sites (N-methyl/N-ethyl adjacent to an activating group) is 1. The zero-order valence-corrected chi connectivity index (χ0v) is 6.02. The Bertz CT molecular complexity index is 57.0. The van der Waals surface area contributed by atoms with Crippen LogP contribution in [0.2, 0.25) is 0 Å². The van der Waals surface area contributed by atoms with Gasteiger partial charge < -0.3 is 10.1 Å². The molecule has 9 heavy (non-hydrogen) atoms. The van der Waals surface area contributed by atoms with Crippen LogP contribution in [-0.2, 0) is 9.84 Å². The number of hydrogen-bond acceptors (Lipinski definition) is 2. The van der Waals surface area contributed by atoms with Crippen LogP contribution in [0.25, 0.3) is 0 Å².